The molecule has 4 aromatic carbocycles. The Hall–Kier alpha value is -4.18. The first kappa shape index (κ1) is 27.8. The summed E-state index contributed by atoms with van der Waals surface area (Å²) in [5.74, 6) is -0.299. The summed E-state index contributed by atoms with van der Waals surface area (Å²) in [6.45, 7) is 6.32. The molecule has 0 saturated carbocycles. The molecule has 0 aliphatic heterocycles. The molecule has 0 aromatic heterocycles. The number of hydrogen-bond donors (Lipinski definition) is 1. The smallest absolute Gasteiger partial charge is 0.243 e. The predicted molar refractivity (Wildman–Crippen MR) is 158 cm³/mol. The van der Waals surface area contributed by atoms with Gasteiger partial charge in [0.25, 0.3) is 0 Å². The zero-order chi connectivity index (χ0) is 27.6. The summed E-state index contributed by atoms with van der Waals surface area (Å²) < 4.78 is 0. The lowest BCUT2D eigenvalue weighted by molar-refractivity contribution is -0.141. The normalized spacial score (nSPS) is 11.8. The quantitative estimate of drug-likeness (QED) is 0.241. The van der Waals surface area contributed by atoms with Crippen molar-refractivity contribution >= 4 is 11.8 Å². The highest BCUT2D eigenvalue weighted by Gasteiger charge is 2.32. The fourth-order valence-electron chi connectivity index (χ4n) is 5.00. The van der Waals surface area contributed by atoms with Crippen LogP contribution in [0.2, 0.25) is 0 Å². The number of amides is 2. The van der Waals surface area contributed by atoms with E-state index in [0.717, 1.165) is 27.8 Å². The maximum absolute atomic E-state index is 14.4. The van der Waals surface area contributed by atoms with Gasteiger partial charge in [-0.2, -0.15) is 0 Å². The molecule has 0 spiro atoms. The third kappa shape index (κ3) is 7.67. The van der Waals surface area contributed by atoms with Crippen LogP contribution in [0.5, 0.6) is 0 Å². The Bertz CT molecular complexity index is 1300. The van der Waals surface area contributed by atoms with Gasteiger partial charge in [0, 0.05) is 31.3 Å². The fourth-order valence-corrected chi connectivity index (χ4v) is 5.00. The van der Waals surface area contributed by atoms with Crippen molar-refractivity contribution in [2.24, 2.45) is 0 Å². The van der Waals surface area contributed by atoms with Crippen molar-refractivity contribution in [2.45, 2.75) is 58.2 Å². The van der Waals surface area contributed by atoms with Crippen LogP contribution in [0.25, 0.3) is 0 Å². The zero-order valence-electron chi connectivity index (χ0n) is 23.1. The summed E-state index contributed by atoms with van der Waals surface area (Å²) in [4.78, 5) is 29.9. The second-order valence-electron chi connectivity index (χ2n) is 10.4. The van der Waals surface area contributed by atoms with Crippen LogP contribution >= 0.6 is 0 Å². The molecule has 2 amide bonds. The van der Waals surface area contributed by atoms with Crippen molar-refractivity contribution in [1.29, 1.82) is 0 Å². The third-order valence-corrected chi connectivity index (χ3v) is 7.09. The first-order chi connectivity index (χ1) is 18.9. The van der Waals surface area contributed by atoms with Crippen LogP contribution in [-0.2, 0) is 22.6 Å². The number of aryl methyl sites for hydroxylation is 1. The van der Waals surface area contributed by atoms with E-state index < -0.39 is 6.04 Å². The molecule has 1 N–H and O–H groups in total. The number of carbonyl (C=O) groups is 2. The minimum atomic E-state index is -0.644. The van der Waals surface area contributed by atoms with E-state index in [0.29, 0.717) is 13.0 Å². The van der Waals surface area contributed by atoms with Crippen LogP contribution in [0.1, 0.15) is 54.0 Å². The van der Waals surface area contributed by atoms with Gasteiger partial charge in [-0.25, -0.2) is 0 Å². The molecule has 39 heavy (non-hydrogen) atoms. The van der Waals surface area contributed by atoms with Gasteiger partial charge in [0.15, 0.2) is 0 Å². The zero-order valence-corrected chi connectivity index (χ0v) is 23.1. The Balaban J connectivity index is 1.74. The third-order valence-electron chi connectivity index (χ3n) is 7.09. The molecule has 4 nitrogen and oxygen atoms in total. The Morgan fingerprint density at radius 2 is 1.23 bits per heavy atom. The summed E-state index contributed by atoms with van der Waals surface area (Å²) >= 11 is 0. The number of rotatable bonds is 11. The minimum Gasteiger partial charge on any atom is -0.352 e. The van der Waals surface area contributed by atoms with Gasteiger partial charge in [-0.15, -0.1) is 0 Å². The average molecular weight is 519 g/mol. The summed E-state index contributed by atoms with van der Waals surface area (Å²) in [6.07, 6.45) is 0.707. The molecule has 0 aliphatic rings. The van der Waals surface area contributed by atoms with E-state index in [1.165, 1.54) is 0 Å². The highest BCUT2D eigenvalue weighted by molar-refractivity contribution is 5.88. The molecule has 200 valence electrons. The highest BCUT2D eigenvalue weighted by Crippen LogP contribution is 2.30. The van der Waals surface area contributed by atoms with E-state index in [4.69, 9.17) is 0 Å². The molecular formula is C35H38N2O2. The van der Waals surface area contributed by atoms with Crippen LogP contribution in [-0.4, -0.2) is 28.8 Å². The van der Waals surface area contributed by atoms with Crippen molar-refractivity contribution < 1.29 is 9.59 Å². The molecule has 4 heteroatoms. The summed E-state index contributed by atoms with van der Waals surface area (Å²) in [5.41, 5.74) is 5.32. The maximum Gasteiger partial charge on any atom is 0.243 e. The van der Waals surface area contributed by atoms with Crippen LogP contribution < -0.4 is 5.32 Å². The van der Waals surface area contributed by atoms with Crippen molar-refractivity contribution in [3.8, 4) is 0 Å². The van der Waals surface area contributed by atoms with Gasteiger partial charge in [-0.3, -0.25) is 9.59 Å². The van der Waals surface area contributed by atoms with E-state index in [1.54, 1.807) is 4.90 Å². The summed E-state index contributed by atoms with van der Waals surface area (Å²) in [5, 5.41) is 3.08. The average Bonchev–Trinajstić information content (AvgIpc) is 2.95. The van der Waals surface area contributed by atoms with E-state index >= 15 is 0 Å². The summed E-state index contributed by atoms with van der Waals surface area (Å²) in [6, 6.07) is 37.7. The van der Waals surface area contributed by atoms with Gasteiger partial charge < -0.3 is 10.2 Å². The monoisotopic (exact) mass is 518 g/mol. The lowest BCUT2D eigenvalue weighted by Gasteiger charge is -2.33. The molecule has 4 aromatic rings. The molecular weight excluding hydrogens is 480 g/mol. The molecule has 0 heterocycles. The van der Waals surface area contributed by atoms with E-state index in [1.807, 2.05) is 98.8 Å². The topological polar surface area (TPSA) is 49.4 Å². The first-order valence-corrected chi connectivity index (χ1v) is 13.7. The Morgan fingerprint density at radius 1 is 0.718 bits per heavy atom. The van der Waals surface area contributed by atoms with Crippen LogP contribution in [0.4, 0.5) is 0 Å². The molecule has 0 bridgehead atoms. The highest BCUT2D eigenvalue weighted by atomic mass is 16.2. The van der Waals surface area contributed by atoms with E-state index in [2.05, 4.69) is 42.6 Å². The minimum absolute atomic E-state index is 0.0347. The molecule has 0 aliphatic carbocycles. The van der Waals surface area contributed by atoms with Gasteiger partial charge in [0.05, 0.1) is 0 Å². The van der Waals surface area contributed by atoms with Crippen molar-refractivity contribution in [1.82, 2.24) is 10.2 Å². The lowest BCUT2D eigenvalue weighted by atomic mass is 9.87. The van der Waals surface area contributed by atoms with Crippen LogP contribution in [0.15, 0.2) is 115 Å². The largest absolute Gasteiger partial charge is 0.352 e. The fraction of sp³-hybridized carbons (Fsp3) is 0.257. The van der Waals surface area contributed by atoms with Gasteiger partial charge >= 0.3 is 0 Å². The van der Waals surface area contributed by atoms with Gasteiger partial charge in [-0.05, 0) is 48.6 Å². The Kier molecular flexibility index (Phi) is 9.69. The van der Waals surface area contributed by atoms with Gasteiger partial charge in [0.2, 0.25) is 11.8 Å². The molecule has 0 saturated heterocycles. The number of nitrogens with zero attached hydrogens (tertiary/aromatic N) is 1. The van der Waals surface area contributed by atoms with Crippen LogP contribution in [0, 0.1) is 6.92 Å². The number of nitrogens with one attached hydrogen (secondary N) is 1. The van der Waals surface area contributed by atoms with Crippen molar-refractivity contribution in [3.63, 3.8) is 0 Å². The first-order valence-electron chi connectivity index (χ1n) is 13.7. The van der Waals surface area contributed by atoms with Crippen molar-refractivity contribution in [3.05, 3.63) is 143 Å². The van der Waals surface area contributed by atoms with E-state index in [9.17, 15) is 9.59 Å². The summed E-state index contributed by atoms with van der Waals surface area (Å²) in [7, 11) is 0. The van der Waals surface area contributed by atoms with Gasteiger partial charge in [-0.1, -0.05) is 115 Å². The molecule has 4 rings (SSSR count). The molecule has 0 unspecified atom stereocenters. The SMILES string of the molecule is Cc1ccccc1CN(C(=O)CC(c1ccccc1)c1ccccc1)[C@H](Cc1ccccc1)C(=O)NC(C)C. The second kappa shape index (κ2) is 13.6. The maximum atomic E-state index is 14.4. The Morgan fingerprint density at radius 3 is 1.77 bits per heavy atom. The van der Waals surface area contributed by atoms with Crippen LogP contribution in [0.3, 0.4) is 0 Å². The number of hydrogen-bond acceptors (Lipinski definition) is 2. The molecule has 0 radical (unpaired) electrons. The predicted octanol–water partition coefficient (Wildman–Crippen LogP) is 6.68. The standard InChI is InChI=1S/C35H38N2O2/c1-26(2)36-35(39)33(23-28-16-7-4-8-17-28)37(25-31-22-14-13-15-27(31)3)34(38)24-32(29-18-9-5-10-19-29)30-20-11-6-12-21-30/h4-22,26,32-33H,23-25H2,1-3H3,(H,36,39)/t33-/m1/s1. The van der Waals surface area contributed by atoms with E-state index in [-0.39, 0.29) is 30.2 Å². The van der Waals surface area contributed by atoms with Gasteiger partial charge in [0.1, 0.15) is 6.04 Å². The number of carbonyl (C=O) groups excluding carboxylic acids is 2. The Labute approximate surface area is 232 Å². The lowest BCUT2D eigenvalue weighted by Crippen LogP contribution is -2.52. The van der Waals surface area contributed by atoms with Crippen molar-refractivity contribution in [2.75, 3.05) is 0 Å². The molecule has 1 atom stereocenters. The second-order valence-corrected chi connectivity index (χ2v) is 10.4. The molecule has 0 fully saturated rings. The number of benzene rings is 4.